The number of fused-ring (bicyclic) bond motifs is 2. The quantitative estimate of drug-likeness (QED) is 0.123. The minimum absolute atomic E-state index is 0.106. The maximum absolute atomic E-state index is 4.81. The molecule has 0 nitrogen and oxygen atoms in total. The molecule has 0 bridgehead atoms. The fraction of sp³-hybridized carbons (Fsp3) is 0. The summed E-state index contributed by atoms with van der Waals surface area (Å²) in [6.07, 6.45) is 0. The molecule has 2 unspecified atom stereocenters. The molecular weight excluding hydrogens is 768 g/mol. The van der Waals surface area contributed by atoms with Crippen molar-refractivity contribution in [2.75, 3.05) is 0 Å². The number of benzene rings is 8. The third kappa shape index (κ3) is 10.2. The van der Waals surface area contributed by atoms with Crippen molar-refractivity contribution < 1.29 is 15.9 Å². The molecule has 0 saturated heterocycles. The summed E-state index contributed by atoms with van der Waals surface area (Å²) in [5.41, 5.74) is 7.72. The molecular formula is C44H36Cl2P2Pd. The van der Waals surface area contributed by atoms with Crippen molar-refractivity contribution in [2.24, 2.45) is 0 Å². The first-order valence-electron chi connectivity index (χ1n) is 15.7. The van der Waals surface area contributed by atoms with Gasteiger partial charge in [-0.15, -0.1) is 18.5 Å². The largest absolute Gasteiger partial charge is 0.0622 e. The van der Waals surface area contributed by atoms with E-state index >= 15 is 0 Å². The molecule has 0 N–H and O–H groups in total. The van der Waals surface area contributed by atoms with Gasteiger partial charge in [0.15, 0.2) is 0 Å². The summed E-state index contributed by atoms with van der Waals surface area (Å²) in [5, 5.41) is 7.63. The van der Waals surface area contributed by atoms with E-state index in [0.717, 1.165) is 0 Å². The van der Waals surface area contributed by atoms with Crippen LogP contribution in [0.15, 0.2) is 194 Å². The molecule has 0 radical (unpaired) electrons. The van der Waals surface area contributed by atoms with E-state index in [1.165, 1.54) is 65.5 Å². The van der Waals surface area contributed by atoms with Gasteiger partial charge in [-0.1, -0.05) is 194 Å². The molecule has 8 aromatic rings. The first kappa shape index (κ1) is 36.7. The predicted molar refractivity (Wildman–Crippen MR) is 221 cm³/mol. The van der Waals surface area contributed by atoms with Gasteiger partial charge in [-0.05, 0) is 65.5 Å². The molecule has 0 fully saturated rings. The van der Waals surface area contributed by atoms with Crippen LogP contribution in [0, 0.1) is 0 Å². The van der Waals surface area contributed by atoms with Gasteiger partial charge in [-0.3, -0.25) is 0 Å². The number of hydrogen-bond donors (Lipinski definition) is 0. The van der Waals surface area contributed by atoms with E-state index in [1.54, 1.807) is 0 Å². The smallest absolute Gasteiger partial charge is 0.0184 e. The molecule has 0 aliphatic carbocycles. The van der Waals surface area contributed by atoms with Crippen LogP contribution in [0.5, 0.6) is 0 Å². The van der Waals surface area contributed by atoms with Gasteiger partial charge in [-0.25, -0.2) is 0 Å². The summed E-state index contributed by atoms with van der Waals surface area (Å²) in [7, 11) is 15.4. The van der Waals surface area contributed by atoms with Crippen molar-refractivity contribution in [3.8, 4) is 33.4 Å². The molecule has 0 heterocycles. The summed E-state index contributed by atoms with van der Waals surface area (Å²) in [4.78, 5) is 0. The zero-order valence-electron chi connectivity index (χ0n) is 26.7. The Labute approximate surface area is 311 Å². The Balaban J connectivity index is 0.000000148. The van der Waals surface area contributed by atoms with Crippen LogP contribution < -0.4 is 10.6 Å². The second-order valence-electron chi connectivity index (χ2n) is 11.0. The summed E-state index contributed by atoms with van der Waals surface area (Å²) >= 11 is -0.106. The third-order valence-electron chi connectivity index (χ3n) is 7.93. The predicted octanol–water partition coefficient (Wildman–Crippen LogP) is 12.7. The maximum atomic E-state index is 4.81. The number of rotatable bonds is 3. The molecule has 2 atom stereocenters. The van der Waals surface area contributed by atoms with E-state index in [0.29, 0.717) is 0 Å². The normalized spacial score (nSPS) is 10.2. The van der Waals surface area contributed by atoms with E-state index < -0.39 is 0 Å². The van der Waals surface area contributed by atoms with Crippen LogP contribution in [-0.2, 0) is 15.9 Å². The summed E-state index contributed by atoms with van der Waals surface area (Å²) in [6, 6.07) is 67.5. The van der Waals surface area contributed by atoms with Gasteiger partial charge < -0.3 is 0 Å². The fourth-order valence-corrected chi connectivity index (χ4v) is 6.45. The number of halogens is 2. The van der Waals surface area contributed by atoms with E-state index in [2.05, 4.69) is 188 Å². The Kier molecular flexibility index (Phi) is 14.6. The van der Waals surface area contributed by atoms with Crippen LogP contribution in [-0.4, -0.2) is 0 Å². The van der Waals surface area contributed by atoms with Crippen molar-refractivity contribution in [3.05, 3.63) is 194 Å². The van der Waals surface area contributed by atoms with Crippen LogP contribution in [0.1, 0.15) is 0 Å². The molecule has 49 heavy (non-hydrogen) atoms. The Hall–Kier alpha value is -3.62. The average Bonchev–Trinajstić information content (AvgIpc) is 3.17. The molecule has 8 aromatic carbocycles. The Morgan fingerprint density at radius 3 is 0.837 bits per heavy atom. The van der Waals surface area contributed by atoms with Gasteiger partial charge in [0.2, 0.25) is 0 Å². The maximum Gasteiger partial charge on any atom is -0.0184 e. The van der Waals surface area contributed by atoms with Gasteiger partial charge in [0.25, 0.3) is 0 Å². The fourth-order valence-electron chi connectivity index (χ4n) is 5.66. The van der Waals surface area contributed by atoms with Gasteiger partial charge >= 0.3 is 35.0 Å². The second-order valence-corrected chi connectivity index (χ2v) is 14.6. The van der Waals surface area contributed by atoms with E-state index in [4.69, 9.17) is 19.1 Å². The zero-order chi connectivity index (χ0) is 34.3. The van der Waals surface area contributed by atoms with Crippen LogP contribution in [0.4, 0.5) is 0 Å². The molecule has 0 aliphatic heterocycles. The van der Waals surface area contributed by atoms with Gasteiger partial charge in [0.1, 0.15) is 0 Å². The first-order chi connectivity index (χ1) is 24.1. The molecule has 0 amide bonds. The zero-order valence-corrected chi connectivity index (χ0v) is 32.1. The number of hydrogen-bond acceptors (Lipinski definition) is 0. The monoisotopic (exact) mass is 802 g/mol. The molecule has 5 heteroatoms. The summed E-state index contributed by atoms with van der Waals surface area (Å²) < 4.78 is 0. The SMILES string of the molecule is Pc1ccc2ccccc2c1-c1c(P)ccc2ccccc12.[Cl][Pd][Cl].c1ccc(-c2ccccc2)cc1.c1ccc(-c2ccccc2)cc1. The van der Waals surface area contributed by atoms with Crippen LogP contribution in [0.2, 0.25) is 0 Å². The standard InChI is InChI=1S/C20H16P2.2C12H10.2ClH.Pd/c21-17-11-9-13-5-1-3-7-15(13)19(17)20-16-8-4-2-6-14(16)10-12-18(20)22;2*1-3-7-11(8-4-1)12-9-5-2-6-10-12;;;/h1-12H,21-22H2;2*1-10H;2*1H;/q;;;;;+2/p-2. The average molecular weight is 804 g/mol. The molecule has 0 aromatic heterocycles. The summed E-state index contributed by atoms with van der Waals surface area (Å²) in [6.45, 7) is 0. The first-order valence-corrected chi connectivity index (χ1v) is 20.8. The van der Waals surface area contributed by atoms with E-state index in [1.807, 2.05) is 24.3 Å². The Bertz CT molecular complexity index is 1940. The minimum atomic E-state index is -0.106. The Morgan fingerprint density at radius 1 is 0.306 bits per heavy atom. The van der Waals surface area contributed by atoms with Crippen molar-refractivity contribution in [1.29, 1.82) is 0 Å². The molecule has 8 rings (SSSR count). The van der Waals surface area contributed by atoms with Gasteiger partial charge in [0, 0.05) is 0 Å². The van der Waals surface area contributed by atoms with Gasteiger partial charge in [-0.2, -0.15) is 0 Å². The second kappa shape index (κ2) is 19.5. The molecule has 0 spiro atoms. The van der Waals surface area contributed by atoms with Crippen LogP contribution >= 0.6 is 37.5 Å². The minimum Gasteiger partial charge on any atom is -0.0622 e. The molecule has 246 valence electrons. The van der Waals surface area contributed by atoms with Crippen LogP contribution in [0.3, 0.4) is 0 Å². The van der Waals surface area contributed by atoms with Crippen molar-refractivity contribution in [2.45, 2.75) is 0 Å². The van der Waals surface area contributed by atoms with Crippen molar-refractivity contribution in [1.82, 2.24) is 0 Å². The van der Waals surface area contributed by atoms with Gasteiger partial charge in [0.05, 0.1) is 0 Å². The topological polar surface area (TPSA) is 0 Å². The molecule has 0 aliphatic rings. The van der Waals surface area contributed by atoms with Crippen LogP contribution in [0.25, 0.3) is 54.9 Å². The van der Waals surface area contributed by atoms with E-state index in [-0.39, 0.29) is 15.9 Å². The summed E-state index contributed by atoms with van der Waals surface area (Å²) in [5.74, 6) is 0. The van der Waals surface area contributed by atoms with Crippen molar-refractivity contribution in [3.63, 3.8) is 0 Å². The van der Waals surface area contributed by atoms with Crippen molar-refractivity contribution >= 4 is 69.7 Å². The Morgan fingerprint density at radius 2 is 0.551 bits per heavy atom. The van der Waals surface area contributed by atoms with E-state index in [9.17, 15) is 0 Å². The molecule has 0 saturated carbocycles. The third-order valence-corrected chi connectivity index (χ3v) is 8.90.